The minimum atomic E-state index is -0.696. The van der Waals surface area contributed by atoms with Crippen LogP contribution in [0, 0.1) is 11.3 Å². The lowest BCUT2D eigenvalue weighted by molar-refractivity contribution is 0.195. The molecule has 20 heavy (non-hydrogen) atoms. The standard InChI is InChI=1S/C16H15NO3/c1-11(19)15-6-5-12(9-17)8-16(15)20-14-4-2-3-13(7-14)10-18/h2-8,11,18-19H,10H2,1H3. The second-order valence-electron chi connectivity index (χ2n) is 4.45. The van der Waals surface area contributed by atoms with E-state index in [-0.39, 0.29) is 6.61 Å². The molecule has 0 aliphatic carbocycles. The lowest BCUT2D eigenvalue weighted by atomic mass is 10.1. The van der Waals surface area contributed by atoms with Gasteiger partial charge in [0.1, 0.15) is 11.5 Å². The van der Waals surface area contributed by atoms with Crippen molar-refractivity contribution in [2.45, 2.75) is 19.6 Å². The Morgan fingerprint density at radius 1 is 1.25 bits per heavy atom. The van der Waals surface area contributed by atoms with Crippen molar-refractivity contribution in [3.8, 4) is 17.6 Å². The van der Waals surface area contributed by atoms with Crippen LogP contribution in [0.25, 0.3) is 0 Å². The van der Waals surface area contributed by atoms with Gasteiger partial charge >= 0.3 is 0 Å². The Hall–Kier alpha value is -2.35. The molecule has 1 atom stereocenters. The Morgan fingerprint density at radius 3 is 2.70 bits per heavy atom. The Balaban J connectivity index is 2.38. The maximum atomic E-state index is 9.74. The fourth-order valence-corrected chi connectivity index (χ4v) is 1.87. The second-order valence-corrected chi connectivity index (χ2v) is 4.45. The van der Waals surface area contributed by atoms with Crippen molar-refractivity contribution in [2.75, 3.05) is 0 Å². The first-order valence-corrected chi connectivity index (χ1v) is 6.24. The van der Waals surface area contributed by atoms with Gasteiger partial charge in [0.2, 0.25) is 0 Å². The van der Waals surface area contributed by atoms with Gasteiger partial charge in [0.25, 0.3) is 0 Å². The van der Waals surface area contributed by atoms with Crippen LogP contribution in [0.1, 0.15) is 29.7 Å². The minimum Gasteiger partial charge on any atom is -0.457 e. The predicted octanol–water partition coefficient (Wildman–Crippen LogP) is 2.90. The Labute approximate surface area is 117 Å². The van der Waals surface area contributed by atoms with Gasteiger partial charge in [-0.2, -0.15) is 5.26 Å². The van der Waals surface area contributed by atoms with Crippen LogP contribution in [0.15, 0.2) is 42.5 Å². The summed E-state index contributed by atoms with van der Waals surface area (Å²) >= 11 is 0. The van der Waals surface area contributed by atoms with Crippen LogP contribution in [0.2, 0.25) is 0 Å². The molecule has 0 amide bonds. The van der Waals surface area contributed by atoms with Crippen molar-refractivity contribution in [2.24, 2.45) is 0 Å². The highest BCUT2D eigenvalue weighted by molar-refractivity contribution is 5.45. The summed E-state index contributed by atoms with van der Waals surface area (Å²) in [6.07, 6.45) is -0.696. The third-order valence-electron chi connectivity index (χ3n) is 2.90. The first kappa shape index (κ1) is 14.1. The van der Waals surface area contributed by atoms with Gasteiger partial charge < -0.3 is 14.9 Å². The highest BCUT2D eigenvalue weighted by Crippen LogP contribution is 2.31. The average Bonchev–Trinajstić information content (AvgIpc) is 2.47. The van der Waals surface area contributed by atoms with Crippen LogP contribution < -0.4 is 4.74 Å². The molecule has 0 aliphatic heterocycles. The lowest BCUT2D eigenvalue weighted by Crippen LogP contribution is -1.97. The van der Waals surface area contributed by atoms with E-state index in [1.54, 1.807) is 49.4 Å². The molecule has 0 saturated carbocycles. The van der Waals surface area contributed by atoms with Crippen molar-refractivity contribution in [3.63, 3.8) is 0 Å². The van der Waals surface area contributed by atoms with E-state index in [1.807, 2.05) is 6.07 Å². The monoisotopic (exact) mass is 269 g/mol. The van der Waals surface area contributed by atoms with Gasteiger partial charge in [-0.15, -0.1) is 0 Å². The maximum Gasteiger partial charge on any atom is 0.134 e. The summed E-state index contributed by atoms with van der Waals surface area (Å²) in [7, 11) is 0. The zero-order valence-corrected chi connectivity index (χ0v) is 11.1. The molecule has 0 fully saturated rings. The SMILES string of the molecule is CC(O)c1ccc(C#N)cc1Oc1cccc(CO)c1. The van der Waals surface area contributed by atoms with Crippen LogP contribution in [0.5, 0.6) is 11.5 Å². The van der Waals surface area contributed by atoms with Crippen LogP contribution >= 0.6 is 0 Å². The van der Waals surface area contributed by atoms with E-state index in [9.17, 15) is 5.11 Å². The summed E-state index contributed by atoms with van der Waals surface area (Å²) in [6, 6.07) is 14.0. The number of hydrogen-bond acceptors (Lipinski definition) is 4. The number of nitriles is 1. The molecule has 0 saturated heterocycles. The fourth-order valence-electron chi connectivity index (χ4n) is 1.87. The smallest absolute Gasteiger partial charge is 0.134 e. The van der Waals surface area contributed by atoms with Crippen LogP contribution in [-0.2, 0) is 6.61 Å². The number of ether oxygens (including phenoxy) is 1. The number of hydrogen-bond donors (Lipinski definition) is 2. The molecule has 2 aromatic rings. The Bertz CT molecular complexity index is 644. The molecule has 1 unspecified atom stereocenters. The van der Waals surface area contributed by atoms with E-state index >= 15 is 0 Å². The van der Waals surface area contributed by atoms with E-state index in [0.29, 0.717) is 22.6 Å². The summed E-state index contributed by atoms with van der Waals surface area (Å²) in [5.41, 5.74) is 1.80. The Morgan fingerprint density at radius 2 is 2.05 bits per heavy atom. The molecule has 0 aliphatic rings. The van der Waals surface area contributed by atoms with E-state index in [1.165, 1.54) is 0 Å². The summed E-state index contributed by atoms with van der Waals surface area (Å²) in [6.45, 7) is 1.57. The Kier molecular flexibility index (Phi) is 4.36. The zero-order valence-electron chi connectivity index (χ0n) is 11.1. The summed E-state index contributed by atoms with van der Waals surface area (Å²) < 4.78 is 5.73. The molecule has 2 rings (SSSR count). The summed E-state index contributed by atoms with van der Waals surface area (Å²) in [5, 5.41) is 27.8. The minimum absolute atomic E-state index is 0.0707. The van der Waals surface area contributed by atoms with Crippen LogP contribution in [0.4, 0.5) is 0 Å². The van der Waals surface area contributed by atoms with Gasteiger partial charge in [-0.05, 0) is 36.8 Å². The first-order chi connectivity index (χ1) is 9.63. The molecule has 0 heterocycles. The molecule has 4 heteroatoms. The molecular weight excluding hydrogens is 254 g/mol. The van der Waals surface area contributed by atoms with Gasteiger partial charge in [-0.1, -0.05) is 18.2 Å². The molecule has 0 bridgehead atoms. The van der Waals surface area contributed by atoms with Crippen molar-refractivity contribution in [1.29, 1.82) is 5.26 Å². The number of benzene rings is 2. The second kappa shape index (κ2) is 6.20. The third kappa shape index (κ3) is 3.15. The molecule has 0 aromatic heterocycles. The van der Waals surface area contributed by atoms with Gasteiger partial charge in [-0.25, -0.2) is 0 Å². The van der Waals surface area contributed by atoms with Crippen LogP contribution in [-0.4, -0.2) is 10.2 Å². The first-order valence-electron chi connectivity index (χ1n) is 6.24. The van der Waals surface area contributed by atoms with Crippen molar-refractivity contribution in [3.05, 3.63) is 59.2 Å². The topological polar surface area (TPSA) is 73.5 Å². The van der Waals surface area contributed by atoms with Crippen molar-refractivity contribution < 1.29 is 14.9 Å². The van der Waals surface area contributed by atoms with Crippen LogP contribution in [0.3, 0.4) is 0 Å². The summed E-state index contributed by atoms with van der Waals surface area (Å²) in [5.74, 6) is 0.989. The van der Waals surface area contributed by atoms with E-state index in [0.717, 1.165) is 5.56 Å². The average molecular weight is 269 g/mol. The maximum absolute atomic E-state index is 9.74. The summed E-state index contributed by atoms with van der Waals surface area (Å²) in [4.78, 5) is 0. The largest absolute Gasteiger partial charge is 0.457 e. The van der Waals surface area contributed by atoms with Gasteiger partial charge in [0.05, 0.1) is 24.3 Å². The highest BCUT2D eigenvalue weighted by atomic mass is 16.5. The molecule has 0 spiro atoms. The number of nitrogens with zero attached hydrogens (tertiary/aromatic N) is 1. The molecule has 2 aromatic carbocycles. The molecule has 2 N–H and O–H groups in total. The van der Waals surface area contributed by atoms with Crippen molar-refractivity contribution >= 4 is 0 Å². The molecule has 102 valence electrons. The number of aliphatic hydroxyl groups is 2. The zero-order chi connectivity index (χ0) is 14.5. The lowest BCUT2D eigenvalue weighted by Gasteiger charge is -2.14. The molecule has 0 radical (unpaired) electrons. The predicted molar refractivity (Wildman–Crippen MR) is 74.2 cm³/mol. The van der Waals surface area contributed by atoms with Gasteiger partial charge in [0.15, 0.2) is 0 Å². The number of aliphatic hydroxyl groups excluding tert-OH is 2. The quantitative estimate of drug-likeness (QED) is 0.895. The third-order valence-corrected chi connectivity index (χ3v) is 2.90. The van der Waals surface area contributed by atoms with Gasteiger partial charge in [0, 0.05) is 5.56 Å². The van der Waals surface area contributed by atoms with E-state index in [4.69, 9.17) is 15.1 Å². The normalized spacial score (nSPS) is 11.7. The van der Waals surface area contributed by atoms with Gasteiger partial charge in [-0.3, -0.25) is 0 Å². The van der Waals surface area contributed by atoms with Crippen molar-refractivity contribution in [1.82, 2.24) is 0 Å². The van der Waals surface area contributed by atoms with E-state index < -0.39 is 6.10 Å². The molecule has 4 nitrogen and oxygen atoms in total. The number of rotatable bonds is 4. The van der Waals surface area contributed by atoms with E-state index in [2.05, 4.69) is 0 Å². The molecular formula is C16H15NO3. The fraction of sp³-hybridized carbons (Fsp3) is 0.188. The highest BCUT2D eigenvalue weighted by Gasteiger charge is 2.11.